The summed E-state index contributed by atoms with van der Waals surface area (Å²) in [5.74, 6) is 1.50. The van der Waals surface area contributed by atoms with Gasteiger partial charge in [-0.05, 0) is 54.8 Å². The minimum absolute atomic E-state index is 0.000480. The van der Waals surface area contributed by atoms with Crippen LogP contribution in [0, 0.1) is 0 Å². The quantitative estimate of drug-likeness (QED) is 0.543. The molecule has 3 aromatic heterocycles. The first-order valence-corrected chi connectivity index (χ1v) is 10.1. The Balaban J connectivity index is 1.72. The van der Waals surface area contributed by atoms with Gasteiger partial charge in [0.2, 0.25) is 0 Å². The standard InChI is InChI=1S/C23H23N5O2/c24-21-18(2-1-11-25-21)22-27-20-8-7-19(16-9-12-30-13-10-16)26-23(20)28(22)17-5-3-15(14-29)4-6-17/h1-8,11,16,29H,9-10,12-14H2,(H2,24,25). The lowest BCUT2D eigenvalue weighted by Crippen LogP contribution is -2.15. The number of anilines is 1. The van der Waals surface area contributed by atoms with E-state index in [1.165, 1.54) is 0 Å². The predicted octanol–water partition coefficient (Wildman–Crippen LogP) is 3.45. The molecule has 0 saturated carbocycles. The molecule has 7 nitrogen and oxygen atoms in total. The second-order valence-electron chi connectivity index (χ2n) is 7.50. The number of aliphatic hydroxyl groups is 1. The van der Waals surface area contributed by atoms with Crippen LogP contribution in [-0.4, -0.2) is 37.8 Å². The number of fused-ring (bicyclic) bond motifs is 1. The number of ether oxygens (including phenoxy) is 1. The largest absolute Gasteiger partial charge is 0.392 e. The molecule has 0 aliphatic carbocycles. The van der Waals surface area contributed by atoms with Crippen molar-refractivity contribution in [2.24, 2.45) is 0 Å². The van der Waals surface area contributed by atoms with Crippen molar-refractivity contribution in [2.45, 2.75) is 25.4 Å². The van der Waals surface area contributed by atoms with E-state index >= 15 is 0 Å². The molecule has 1 aliphatic rings. The maximum Gasteiger partial charge on any atom is 0.165 e. The summed E-state index contributed by atoms with van der Waals surface area (Å²) in [6, 6.07) is 15.6. The summed E-state index contributed by atoms with van der Waals surface area (Å²) in [4.78, 5) is 14.1. The molecule has 4 heterocycles. The van der Waals surface area contributed by atoms with Gasteiger partial charge in [0.05, 0.1) is 12.2 Å². The lowest BCUT2D eigenvalue weighted by Gasteiger charge is -2.21. The molecule has 0 atom stereocenters. The molecule has 0 amide bonds. The number of rotatable bonds is 4. The number of aliphatic hydroxyl groups excluding tert-OH is 1. The van der Waals surface area contributed by atoms with Gasteiger partial charge in [-0.3, -0.25) is 4.57 Å². The Hall–Kier alpha value is -3.29. The number of benzene rings is 1. The molecule has 0 spiro atoms. The molecule has 5 rings (SSSR count). The van der Waals surface area contributed by atoms with Gasteiger partial charge in [0.25, 0.3) is 0 Å². The third-order valence-electron chi connectivity index (χ3n) is 5.62. The first-order chi connectivity index (χ1) is 14.7. The Kier molecular flexibility index (Phi) is 4.90. The first-order valence-electron chi connectivity index (χ1n) is 10.1. The van der Waals surface area contributed by atoms with Crippen LogP contribution in [0.15, 0.2) is 54.7 Å². The Bertz CT molecular complexity index is 1180. The van der Waals surface area contributed by atoms with E-state index in [0.29, 0.717) is 17.6 Å². The summed E-state index contributed by atoms with van der Waals surface area (Å²) < 4.78 is 7.53. The van der Waals surface area contributed by atoms with Crippen LogP contribution in [0.4, 0.5) is 5.82 Å². The molecule has 1 aliphatic heterocycles. The zero-order valence-corrected chi connectivity index (χ0v) is 16.5. The van der Waals surface area contributed by atoms with Gasteiger partial charge in [-0.15, -0.1) is 0 Å². The Morgan fingerprint density at radius 3 is 2.57 bits per heavy atom. The van der Waals surface area contributed by atoms with E-state index in [0.717, 1.165) is 59.7 Å². The minimum atomic E-state index is -0.000480. The zero-order valence-electron chi connectivity index (χ0n) is 16.5. The monoisotopic (exact) mass is 401 g/mol. The Morgan fingerprint density at radius 2 is 1.83 bits per heavy atom. The highest BCUT2D eigenvalue weighted by Gasteiger charge is 2.21. The molecule has 152 valence electrons. The Morgan fingerprint density at radius 1 is 1.03 bits per heavy atom. The van der Waals surface area contributed by atoms with Gasteiger partial charge in [0.1, 0.15) is 11.3 Å². The summed E-state index contributed by atoms with van der Waals surface area (Å²) in [6.07, 6.45) is 3.61. The van der Waals surface area contributed by atoms with E-state index in [4.69, 9.17) is 20.4 Å². The van der Waals surface area contributed by atoms with E-state index in [1.807, 2.05) is 47.0 Å². The number of hydrogen-bond acceptors (Lipinski definition) is 6. The van der Waals surface area contributed by atoms with Crippen molar-refractivity contribution in [3.8, 4) is 17.1 Å². The van der Waals surface area contributed by atoms with Crippen LogP contribution >= 0.6 is 0 Å². The van der Waals surface area contributed by atoms with E-state index in [-0.39, 0.29) is 6.61 Å². The van der Waals surface area contributed by atoms with E-state index in [2.05, 4.69) is 11.1 Å². The highest BCUT2D eigenvalue weighted by Crippen LogP contribution is 2.32. The lowest BCUT2D eigenvalue weighted by atomic mass is 9.96. The van der Waals surface area contributed by atoms with Crippen LogP contribution in [-0.2, 0) is 11.3 Å². The average molecular weight is 401 g/mol. The number of nitrogens with zero attached hydrogens (tertiary/aromatic N) is 4. The third-order valence-corrected chi connectivity index (χ3v) is 5.62. The molecular weight excluding hydrogens is 378 g/mol. The molecule has 4 aromatic rings. The van der Waals surface area contributed by atoms with Gasteiger partial charge in [-0.1, -0.05) is 12.1 Å². The topological polar surface area (TPSA) is 99.1 Å². The molecule has 1 aromatic carbocycles. The molecule has 30 heavy (non-hydrogen) atoms. The molecule has 0 bridgehead atoms. The van der Waals surface area contributed by atoms with Crippen molar-refractivity contribution in [1.82, 2.24) is 19.5 Å². The maximum absolute atomic E-state index is 9.41. The van der Waals surface area contributed by atoms with Gasteiger partial charge in [-0.2, -0.15) is 0 Å². The SMILES string of the molecule is Nc1ncccc1-c1nc2ccc(C3CCOCC3)nc2n1-c1ccc(CO)cc1. The van der Waals surface area contributed by atoms with Crippen molar-refractivity contribution in [1.29, 1.82) is 0 Å². The van der Waals surface area contributed by atoms with Gasteiger partial charge in [-0.25, -0.2) is 15.0 Å². The predicted molar refractivity (Wildman–Crippen MR) is 115 cm³/mol. The number of aromatic nitrogens is 4. The number of nitrogen functional groups attached to an aromatic ring is 1. The van der Waals surface area contributed by atoms with Crippen LogP contribution in [0.1, 0.15) is 30.0 Å². The minimum Gasteiger partial charge on any atom is -0.392 e. The molecule has 3 N–H and O–H groups in total. The second kappa shape index (κ2) is 7.85. The Labute approximate surface area is 174 Å². The van der Waals surface area contributed by atoms with Crippen LogP contribution < -0.4 is 5.73 Å². The summed E-state index contributed by atoms with van der Waals surface area (Å²) in [7, 11) is 0. The number of hydrogen-bond donors (Lipinski definition) is 2. The van der Waals surface area contributed by atoms with Crippen LogP contribution in [0.2, 0.25) is 0 Å². The van der Waals surface area contributed by atoms with Gasteiger partial charge < -0.3 is 15.6 Å². The molecule has 0 radical (unpaired) electrons. The summed E-state index contributed by atoms with van der Waals surface area (Å²) >= 11 is 0. The molecule has 1 saturated heterocycles. The third kappa shape index (κ3) is 3.32. The van der Waals surface area contributed by atoms with Gasteiger partial charge in [0.15, 0.2) is 11.5 Å². The van der Waals surface area contributed by atoms with Crippen molar-refractivity contribution >= 4 is 17.0 Å². The highest BCUT2D eigenvalue weighted by atomic mass is 16.5. The van der Waals surface area contributed by atoms with Crippen LogP contribution in [0.3, 0.4) is 0 Å². The normalized spacial score (nSPS) is 15.0. The van der Waals surface area contributed by atoms with Crippen LogP contribution in [0.25, 0.3) is 28.2 Å². The number of nitrogens with two attached hydrogens (primary N) is 1. The molecule has 7 heteroatoms. The van der Waals surface area contributed by atoms with Crippen molar-refractivity contribution in [3.63, 3.8) is 0 Å². The average Bonchev–Trinajstić information content (AvgIpc) is 3.18. The first kappa shape index (κ1) is 18.7. The zero-order chi connectivity index (χ0) is 20.5. The van der Waals surface area contributed by atoms with E-state index in [9.17, 15) is 5.11 Å². The molecular formula is C23H23N5O2. The fourth-order valence-electron chi connectivity index (χ4n) is 3.97. The second-order valence-corrected chi connectivity index (χ2v) is 7.50. The lowest BCUT2D eigenvalue weighted by molar-refractivity contribution is 0.0845. The van der Waals surface area contributed by atoms with Crippen LogP contribution in [0.5, 0.6) is 0 Å². The van der Waals surface area contributed by atoms with E-state index in [1.54, 1.807) is 6.20 Å². The van der Waals surface area contributed by atoms with E-state index < -0.39 is 0 Å². The van der Waals surface area contributed by atoms with Crippen molar-refractivity contribution in [2.75, 3.05) is 18.9 Å². The summed E-state index contributed by atoms with van der Waals surface area (Å²) in [6.45, 7) is 1.53. The maximum atomic E-state index is 9.41. The molecule has 1 fully saturated rings. The van der Waals surface area contributed by atoms with Crippen molar-refractivity contribution in [3.05, 3.63) is 66.0 Å². The van der Waals surface area contributed by atoms with Gasteiger partial charge in [0, 0.05) is 36.7 Å². The fraction of sp³-hybridized carbons (Fsp3) is 0.261. The van der Waals surface area contributed by atoms with Crippen molar-refractivity contribution < 1.29 is 9.84 Å². The fourth-order valence-corrected chi connectivity index (χ4v) is 3.97. The molecule has 0 unspecified atom stereocenters. The number of imidazole rings is 1. The highest BCUT2D eigenvalue weighted by molar-refractivity contribution is 5.82. The smallest absolute Gasteiger partial charge is 0.165 e. The van der Waals surface area contributed by atoms with Gasteiger partial charge >= 0.3 is 0 Å². The summed E-state index contributed by atoms with van der Waals surface area (Å²) in [5, 5.41) is 9.41. The number of pyridine rings is 2. The summed E-state index contributed by atoms with van der Waals surface area (Å²) in [5.41, 5.74) is 11.3.